The molecule has 1 unspecified atom stereocenters. The molecule has 1 saturated heterocycles. The first kappa shape index (κ1) is 15.0. The number of carbonyl (C=O) groups excluding carboxylic acids is 1. The van der Waals surface area contributed by atoms with Crippen molar-refractivity contribution >= 4 is 15.9 Å². The van der Waals surface area contributed by atoms with Crippen LogP contribution in [-0.4, -0.2) is 48.6 Å². The molecule has 1 amide bonds. The highest BCUT2D eigenvalue weighted by Crippen LogP contribution is 2.17. The van der Waals surface area contributed by atoms with Gasteiger partial charge >= 0.3 is 0 Å². The van der Waals surface area contributed by atoms with Crippen LogP contribution in [0.1, 0.15) is 31.2 Å². The minimum atomic E-state index is -3.74. The molecule has 0 spiro atoms. The van der Waals surface area contributed by atoms with E-state index in [1.807, 2.05) is 0 Å². The van der Waals surface area contributed by atoms with Crippen LogP contribution in [-0.2, 0) is 14.8 Å². The molecule has 1 aromatic rings. The minimum Gasteiger partial charge on any atom is -0.341 e. The second-order valence-electron chi connectivity index (χ2n) is 5.14. The average molecular weight is 300 g/mol. The molecule has 1 aromatic heterocycles. The number of hydrogen-bond donors (Lipinski definition) is 2. The second kappa shape index (κ2) is 5.53. The first-order chi connectivity index (χ1) is 9.33. The monoisotopic (exact) mass is 300 g/mol. The highest BCUT2D eigenvalue weighted by atomic mass is 32.2. The van der Waals surface area contributed by atoms with E-state index in [0.29, 0.717) is 24.5 Å². The summed E-state index contributed by atoms with van der Waals surface area (Å²) in [5.74, 6) is -0.176. The van der Waals surface area contributed by atoms with Gasteiger partial charge in [0.15, 0.2) is 0 Å². The van der Waals surface area contributed by atoms with Gasteiger partial charge in [-0.1, -0.05) is 0 Å². The quantitative estimate of drug-likeness (QED) is 0.837. The van der Waals surface area contributed by atoms with Crippen LogP contribution in [0.15, 0.2) is 4.90 Å². The fourth-order valence-electron chi connectivity index (χ4n) is 2.49. The number of hydrogen-bond acceptors (Lipinski definition) is 4. The van der Waals surface area contributed by atoms with Gasteiger partial charge in [0.2, 0.25) is 15.9 Å². The number of aryl methyl sites for hydroxylation is 2. The Morgan fingerprint density at radius 1 is 1.35 bits per heavy atom. The van der Waals surface area contributed by atoms with Gasteiger partial charge in [0.25, 0.3) is 0 Å². The van der Waals surface area contributed by atoms with E-state index in [0.717, 1.165) is 12.8 Å². The van der Waals surface area contributed by atoms with Crippen LogP contribution < -0.4 is 4.72 Å². The van der Waals surface area contributed by atoms with E-state index in [9.17, 15) is 13.2 Å². The van der Waals surface area contributed by atoms with Crippen LogP contribution in [0.25, 0.3) is 0 Å². The summed E-state index contributed by atoms with van der Waals surface area (Å²) in [6.45, 7) is 6.23. The summed E-state index contributed by atoms with van der Waals surface area (Å²) in [4.78, 5) is 14.0. The molecule has 8 heteroatoms. The number of amides is 1. The zero-order valence-electron chi connectivity index (χ0n) is 11.9. The van der Waals surface area contributed by atoms with Crippen molar-refractivity contribution in [1.29, 1.82) is 0 Å². The molecule has 2 heterocycles. The Morgan fingerprint density at radius 2 is 1.95 bits per heavy atom. The number of aromatic amines is 1. The van der Waals surface area contributed by atoms with Crippen molar-refractivity contribution in [2.24, 2.45) is 0 Å². The topological polar surface area (TPSA) is 95.2 Å². The van der Waals surface area contributed by atoms with Crippen molar-refractivity contribution < 1.29 is 13.2 Å². The molecule has 0 saturated carbocycles. The lowest BCUT2D eigenvalue weighted by atomic mass is 10.3. The summed E-state index contributed by atoms with van der Waals surface area (Å²) in [5.41, 5.74) is 0.867. The van der Waals surface area contributed by atoms with Crippen LogP contribution in [0.4, 0.5) is 0 Å². The van der Waals surface area contributed by atoms with E-state index in [2.05, 4.69) is 14.9 Å². The molecule has 1 atom stereocenters. The molecule has 2 rings (SSSR count). The summed E-state index contributed by atoms with van der Waals surface area (Å²) < 4.78 is 27.1. The van der Waals surface area contributed by atoms with E-state index >= 15 is 0 Å². The number of rotatable bonds is 4. The van der Waals surface area contributed by atoms with Gasteiger partial charge in [-0.2, -0.15) is 9.82 Å². The Morgan fingerprint density at radius 3 is 2.45 bits per heavy atom. The number of H-pyrrole nitrogens is 1. The van der Waals surface area contributed by atoms with Crippen molar-refractivity contribution in [3.8, 4) is 0 Å². The zero-order valence-corrected chi connectivity index (χ0v) is 12.7. The van der Waals surface area contributed by atoms with E-state index < -0.39 is 16.1 Å². The minimum absolute atomic E-state index is 0.124. The SMILES string of the molecule is Cc1n[nH]c(C)c1S(=O)(=O)NC(C)C(=O)N1CCCC1. The van der Waals surface area contributed by atoms with Crippen molar-refractivity contribution in [2.45, 2.75) is 44.6 Å². The number of likely N-dealkylation sites (tertiary alicyclic amines) is 1. The van der Waals surface area contributed by atoms with Crippen LogP contribution in [0.5, 0.6) is 0 Å². The molecule has 1 aliphatic heterocycles. The number of carbonyl (C=O) groups is 1. The molecule has 0 radical (unpaired) electrons. The van der Waals surface area contributed by atoms with Crippen molar-refractivity contribution in [3.63, 3.8) is 0 Å². The van der Waals surface area contributed by atoms with Gasteiger partial charge in [0.05, 0.1) is 17.4 Å². The molecular formula is C12H20N4O3S. The summed E-state index contributed by atoms with van der Waals surface area (Å²) in [7, 11) is -3.74. The second-order valence-corrected chi connectivity index (χ2v) is 6.79. The Hall–Kier alpha value is -1.41. The summed E-state index contributed by atoms with van der Waals surface area (Å²) in [6.07, 6.45) is 1.95. The predicted octanol–water partition coefficient (Wildman–Crippen LogP) is 0.316. The van der Waals surface area contributed by atoms with Gasteiger partial charge in [0.1, 0.15) is 4.90 Å². The van der Waals surface area contributed by atoms with Crippen LogP contribution in [0, 0.1) is 13.8 Å². The maximum absolute atomic E-state index is 12.3. The largest absolute Gasteiger partial charge is 0.341 e. The van der Waals surface area contributed by atoms with Gasteiger partial charge in [-0.05, 0) is 33.6 Å². The summed E-state index contributed by atoms with van der Waals surface area (Å²) >= 11 is 0. The number of nitrogens with one attached hydrogen (secondary N) is 2. The van der Waals surface area contributed by atoms with Crippen LogP contribution in [0.2, 0.25) is 0 Å². The van der Waals surface area contributed by atoms with Gasteiger partial charge in [-0.15, -0.1) is 0 Å². The third kappa shape index (κ3) is 2.85. The Kier molecular flexibility index (Phi) is 4.14. The zero-order chi connectivity index (χ0) is 14.9. The molecule has 1 aliphatic rings. The first-order valence-corrected chi connectivity index (χ1v) is 8.14. The van der Waals surface area contributed by atoms with Crippen molar-refractivity contribution in [3.05, 3.63) is 11.4 Å². The van der Waals surface area contributed by atoms with Gasteiger partial charge in [-0.25, -0.2) is 8.42 Å². The lowest BCUT2D eigenvalue weighted by Gasteiger charge is -2.21. The van der Waals surface area contributed by atoms with E-state index in [1.54, 1.807) is 25.7 Å². The molecule has 1 fully saturated rings. The Labute approximate surface area is 118 Å². The standard InChI is InChI=1S/C12H20N4O3S/c1-8-11(9(2)14-13-8)20(18,19)15-10(3)12(17)16-6-4-5-7-16/h10,15H,4-7H2,1-3H3,(H,13,14). The highest BCUT2D eigenvalue weighted by molar-refractivity contribution is 7.89. The highest BCUT2D eigenvalue weighted by Gasteiger charge is 2.29. The average Bonchev–Trinajstić information content (AvgIpc) is 2.97. The Balaban J connectivity index is 2.14. The molecule has 20 heavy (non-hydrogen) atoms. The molecule has 7 nitrogen and oxygen atoms in total. The van der Waals surface area contributed by atoms with E-state index in [1.165, 1.54) is 0 Å². The fourth-order valence-corrected chi connectivity index (χ4v) is 4.06. The molecule has 0 aliphatic carbocycles. The molecule has 0 aromatic carbocycles. The molecule has 2 N–H and O–H groups in total. The first-order valence-electron chi connectivity index (χ1n) is 6.65. The predicted molar refractivity (Wildman–Crippen MR) is 73.7 cm³/mol. The van der Waals surface area contributed by atoms with Gasteiger partial charge in [0, 0.05) is 13.1 Å². The molecule has 112 valence electrons. The fraction of sp³-hybridized carbons (Fsp3) is 0.667. The number of nitrogens with zero attached hydrogens (tertiary/aromatic N) is 2. The van der Waals surface area contributed by atoms with Crippen LogP contribution in [0.3, 0.4) is 0 Å². The third-order valence-electron chi connectivity index (χ3n) is 3.45. The maximum atomic E-state index is 12.3. The summed E-state index contributed by atoms with van der Waals surface area (Å²) in [6, 6.07) is -0.771. The molecular weight excluding hydrogens is 280 g/mol. The Bertz CT molecular complexity index is 583. The smallest absolute Gasteiger partial charge is 0.244 e. The van der Waals surface area contributed by atoms with E-state index in [4.69, 9.17) is 0 Å². The lowest BCUT2D eigenvalue weighted by Crippen LogP contribution is -2.46. The van der Waals surface area contributed by atoms with Gasteiger partial charge < -0.3 is 4.90 Å². The number of aromatic nitrogens is 2. The van der Waals surface area contributed by atoms with Crippen LogP contribution >= 0.6 is 0 Å². The lowest BCUT2D eigenvalue weighted by molar-refractivity contribution is -0.131. The summed E-state index contributed by atoms with van der Waals surface area (Å²) in [5, 5.41) is 6.51. The normalized spacial score (nSPS) is 17.4. The van der Waals surface area contributed by atoms with E-state index in [-0.39, 0.29) is 10.8 Å². The number of sulfonamides is 1. The van der Waals surface area contributed by atoms with Gasteiger partial charge in [-0.3, -0.25) is 9.89 Å². The maximum Gasteiger partial charge on any atom is 0.244 e. The molecule has 0 bridgehead atoms. The van der Waals surface area contributed by atoms with Crippen molar-refractivity contribution in [2.75, 3.05) is 13.1 Å². The van der Waals surface area contributed by atoms with Crippen molar-refractivity contribution in [1.82, 2.24) is 19.8 Å². The third-order valence-corrected chi connectivity index (χ3v) is 5.25.